The molecule has 54 heavy (non-hydrogen) atoms. The van der Waals surface area contributed by atoms with Crippen LogP contribution in [-0.4, -0.2) is 58.7 Å². The van der Waals surface area contributed by atoms with Crippen LogP contribution in [0.25, 0.3) is 34.0 Å². The van der Waals surface area contributed by atoms with Crippen molar-refractivity contribution in [3.8, 4) is 45.5 Å². The summed E-state index contributed by atoms with van der Waals surface area (Å²) in [4.78, 5) is 43.8. The lowest BCUT2D eigenvalue weighted by atomic mass is 10.0. The average molecular weight is 727 g/mol. The molecule has 0 unspecified atom stereocenters. The van der Waals surface area contributed by atoms with Crippen molar-refractivity contribution in [3.05, 3.63) is 138 Å². The number of hydrogen-bond donors (Lipinski definition) is 2. The topological polar surface area (TPSA) is 144 Å². The molecular weight excluding hydrogens is 684 g/mol. The van der Waals surface area contributed by atoms with Gasteiger partial charge in [-0.1, -0.05) is 85.2 Å². The van der Waals surface area contributed by atoms with Gasteiger partial charge in [-0.05, 0) is 78.2 Å². The number of carbonyl (C=O) groups is 3. The highest BCUT2D eigenvalue weighted by molar-refractivity contribution is 5.97. The molecule has 0 bridgehead atoms. The lowest BCUT2D eigenvalue weighted by molar-refractivity contribution is -0.137. The van der Waals surface area contributed by atoms with Crippen LogP contribution in [0, 0.1) is 6.92 Å². The van der Waals surface area contributed by atoms with Gasteiger partial charge in [0, 0.05) is 34.5 Å². The minimum absolute atomic E-state index is 0.0445. The quantitative estimate of drug-likeness (QED) is 0.120. The fourth-order valence-electron chi connectivity index (χ4n) is 5.63. The van der Waals surface area contributed by atoms with Crippen molar-refractivity contribution >= 4 is 23.5 Å². The SMILES string of the molecule is CC.COc1ccc(OC)c(CC(=O)Nc2ccc(C(=O)N(CC(=O)O)Cc3ccc(-c4noc(-c5ccc(-c6ccc(C)cc6)cc5)n4)cc3)cc2)c1. The molecule has 5 aromatic carbocycles. The molecule has 6 rings (SSSR count). The summed E-state index contributed by atoms with van der Waals surface area (Å²) >= 11 is 0. The molecule has 0 radical (unpaired) electrons. The van der Waals surface area contributed by atoms with E-state index in [1.807, 2.05) is 38.1 Å². The van der Waals surface area contributed by atoms with E-state index in [1.54, 1.807) is 73.8 Å². The molecule has 1 heterocycles. The van der Waals surface area contributed by atoms with E-state index in [2.05, 4.69) is 46.6 Å². The summed E-state index contributed by atoms with van der Waals surface area (Å²) in [6.45, 7) is 5.61. The molecule has 0 saturated heterocycles. The Morgan fingerprint density at radius 1 is 0.759 bits per heavy atom. The molecule has 0 aliphatic heterocycles. The first-order chi connectivity index (χ1) is 26.2. The number of carboxylic acids is 1. The highest BCUT2D eigenvalue weighted by atomic mass is 16.5. The van der Waals surface area contributed by atoms with E-state index in [0.29, 0.717) is 45.6 Å². The largest absolute Gasteiger partial charge is 0.497 e. The molecule has 0 spiro atoms. The molecule has 0 aliphatic carbocycles. The number of benzene rings is 5. The van der Waals surface area contributed by atoms with Crippen LogP contribution in [0.2, 0.25) is 0 Å². The van der Waals surface area contributed by atoms with E-state index in [4.69, 9.17) is 14.0 Å². The van der Waals surface area contributed by atoms with Crippen LogP contribution in [0.4, 0.5) is 5.69 Å². The van der Waals surface area contributed by atoms with Crippen molar-refractivity contribution in [2.24, 2.45) is 0 Å². The van der Waals surface area contributed by atoms with Gasteiger partial charge in [0.1, 0.15) is 18.0 Å². The summed E-state index contributed by atoms with van der Waals surface area (Å²) in [5.74, 6) is 0.0460. The Labute approximate surface area is 314 Å². The third kappa shape index (κ3) is 9.77. The Hall–Kier alpha value is -6.75. The van der Waals surface area contributed by atoms with Crippen molar-refractivity contribution in [1.82, 2.24) is 15.0 Å². The predicted octanol–water partition coefficient (Wildman–Crippen LogP) is 8.33. The lowest BCUT2D eigenvalue weighted by Crippen LogP contribution is -2.35. The van der Waals surface area contributed by atoms with Crippen LogP contribution in [0.5, 0.6) is 11.5 Å². The Morgan fingerprint density at radius 2 is 1.37 bits per heavy atom. The van der Waals surface area contributed by atoms with Gasteiger partial charge in [-0.3, -0.25) is 14.4 Å². The Kier molecular flexibility index (Phi) is 12.9. The summed E-state index contributed by atoms with van der Waals surface area (Å²) in [5.41, 5.74) is 7.02. The summed E-state index contributed by atoms with van der Waals surface area (Å²) < 4.78 is 16.2. The second kappa shape index (κ2) is 18.1. The third-order valence-electron chi connectivity index (χ3n) is 8.40. The van der Waals surface area contributed by atoms with Crippen molar-refractivity contribution in [3.63, 3.8) is 0 Å². The average Bonchev–Trinajstić information content (AvgIpc) is 3.69. The van der Waals surface area contributed by atoms with Crippen molar-refractivity contribution in [2.45, 2.75) is 33.7 Å². The first-order valence-electron chi connectivity index (χ1n) is 17.4. The maximum absolute atomic E-state index is 13.4. The smallest absolute Gasteiger partial charge is 0.323 e. The first kappa shape index (κ1) is 38.5. The zero-order valence-corrected chi connectivity index (χ0v) is 30.8. The molecule has 2 amide bonds. The van der Waals surface area contributed by atoms with E-state index in [1.165, 1.54) is 17.6 Å². The highest BCUT2D eigenvalue weighted by Crippen LogP contribution is 2.27. The van der Waals surface area contributed by atoms with Gasteiger partial charge in [0.05, 0.1) is 20.6 Å². The van der Waals surface area contributed by atoms with Gasteiger partial charge in [-0.2, -0.15) is 4.98 Å². The number of carbonyl (C=O) groups excluding carboxylic acids is 2. The molecule has 6 aromatic rings. The van der Waals surface area contributed by atoms with Crippen LogP contribution >= 0.6 is 0 Å². The molecule has 11 heteroatoms. The molecule has 276 valence electrons. The van der Waals surface area contributed by atoms with Gasteiger partial charge < -0.3 is 29.3 Å². The van der Waals surface area contributed by atoms with Crippen molar-refractivity contribution in [1.29, 1.82) is 0 Å². The second-order valence-electron chi connectivity index (χ2n) is 12.1. The van der Waals surface area contributed by atoms with E-state index in [9.17, 15) is 19.5 Å². The van der Waals surface area contributed by atoms with Gasteiger partial charge in [-0.15, -0.1) is 0 Å². The summed E-state index contributed by atoms with van der Waals surface area (Å²) in [6.07, 6.45) is 0.0445. The molecular formula is C43H42N4O7. The number of hydrogen-bond acceptors (Lipinski definition) is 8. The molecule has 0 aliphatic rings. The number of amides is 2. The highest BCUT2D eigenvalue weighted by Gasteiger charge is 2.20. The molecule has 2 N–H and O–H groups in total. The first-order valence-corrected chi connectivity index (χ1v) is 17.4. The van der Waals surface area contributed by atoms with Crippen molar-refractivity contribution < 1.29 is 33.5 Å². The van der Waals surface area contributed by atoms with Crippen LogP contribution in [0.3, 0.4) is 0 Å². The lowest BCUT2D eigenvalue weighted by Gasteiger charge is -2.21. The number of aryl methyl sites for hydroxylation is 1. The molecule has 0 atom stereocenters. The number of nitrogens with one attached hydrogen (secondary N) is 1. The van der Waals surface area contributed by atoms with Crippen LogP contribution in [0.15, 0.2) is 120 Å². The maximum atomic E-state index is 13.4. The third-order valence-corrected chi connectivity index (χ3v) is 8.40. The zero-order valence-electron chi connectivity index (χ0n) is 30.8. The zero-order chi connectivity index (χ0) is 38.6. The predicted molar refractivity (Wildman–Crippen MR) is 207 cm³/mol. The number of anilines is 1. The number of methoxy groups -OCH3 is 2. The molecule has 1 aromatic heterocycles. The Balaban J connectivity index is 0.00000276. The van der Waals surface area contributed by atoms with Gasteiger partial charge in [0.25, 0.3) is 11.8 Å². The standard InChI is InChI=1S/C41H36N4O7.C2H6/c1-26-4-8-28(9-5-26)29-12-14-31(15-13-29)40-43-39(44-52-40)30-10-6-27(7-11-30)24-45(25-38(47)48)41(49)32-16-18-34(19-17-32)42-37(46)23-33-22-35(50-2)20-21-36(33)51-3;1-2/h4-22H,23-25H2,1-3H3,(H,42,46)(H,47,48);1-2H3. The second-order valence-corrected chi connectivity index (χ2v) is 12.1. The van der Waals surface area contributed by atoms with Gasteiger partial charge >= 0.3 is 5.97 Å². The van der Waals surface area contributed by atoms with Crippen LogP contribution < -0.4 is 14.8 Å². The van der Waals surface area contributed by atoms with Crippen LogP contribution in [-0.2, 0) is 22.6 Å². The molecule has 0 saturated carbocycles. The summed E-state index contributed by atoms with van der Waals surface area (Å²) in [7, 11) is 3.07. The minimum Gasteiger partial charge on any atom is -0.497 e. The van der Waals surface area contributed by atoms with Crippen molar-refractivity contribution in [2.75, 3.05) is 26.1 Å². The number of nitrogens with zero attached hydrogens (tertiary/aromatic N) is 3. The summed E-state index contributed by atoms with van der Waals surface area (Å²) in [5, 5.41) is 16.5. The number of aliphatic carboxylic acids is 1. The van der Waals surface area contributed by atoms with Gasteiger partial charge in [0.2, 0.25) is 11.7 Å². The van der Waals surface area contributed by atoms with E-state index >= 15 is 0 Å². The van der Waals surface area contributed by atoms with Crippen LogP contribution in [0.1, 0.15) is 40.9 Å². The van der Waals surface area contributed by atoms with Gasteiger partial charge in [-0.25, -0.2) is 0 Å². The Bertz CT molecular complexity index is 2180. The van der Waals surface area contributed by atoms with E-state index < -0.39 is 18.4 Å². The normalized spacial score (nSPS) is 10.5. The Morgan fingerprint density at radius 3 is 1.98 bits per heavy atom. The molecule has 11 nitrogen and oxygen atoms in total. The molecule has 0 fully saturated rings. The maximum Gasteiger partial charge on any atom is 0.323 e. The minimum atomic E-state index is -1.15. The number of carboxylic acid groups (broad SMARTS) is 1. The fraction of sp³-hybridized carbons (Fsp3) is 0.186. The van der Waals surface area contributed by atoms with Gasteiger partial charge in [0.15, 0.2) is 0 Å². The number of rotatable bonds is 13. The summed E-state index contributed by atoms with van der Waals surface area (Å²) in [6, 6.07) is 34.9. The van der Waals surface area contributed by atoms with E-state index in [-0.39, 0.29) is 24.4 Å². The number of ether oxygens (including phenoxy) is 2. The monoisotopic (exact) mass is 726 g/mol. The fourth-order valence-corrected chi connectivity index (χ4v) is 5.63. The number of aromatic nitrogens is 2. The van der Waals surface area contributed by atoms with E-state index in [0.717, 1.165) is 16.7 Å².